The highest BCUT2D eigenvalue weighted by atomic mass is 32.2. The normalized spacial score (nSPS) is 23.8. The second-order valence-corrected chi connectivity index (χ2v) is 9.00. The van der Waals surface area contributed by atoms with Gasteiger partial charge < -0.3 is 4.74 Å². The second kappa shape index (κ2) is 6.32. The van der Waals surface area contributed by atoms with Gasteiger partial charge in [0.1, 0.15) is 0 Å². The van der Waals surface area contributed by atoms with E-state index in [1.165, 1.54) is 5.01 Å². The van der Waals surface area contributed by atoms with E-state index in [1.54, 1.807) is 21.1 Å². The summed E-state index contributed by atoms with van der Waals surface area (Å²) in [5, 5.41) is 5.51. The molecule has 0 radical (unpaired) electrons. The number of sulfone groups is 1. The zero-order valence-electron chi connectivity index (χ0n) is 16.0. The average Bonchev–Trinajstić information content (AvgIpc) is 2.82. The number of aryl methyl sites for hydroxylation is 1. The van der Waals surface area contributed by atoms with Crippen molar-refractivity contribution >= 4 is 27.0 Å². The van der Waals surface area contributed by atoms with Gasteiger partial charge in [-0.3, -0.25) is 4.79 Å². The molecule has 1 aromatic rings. The lowest BCUT2D eigenvalue weighted by atomic mass is 9.89. The van der Waals surface area contributed by atoms with Crippen LogP contribution in [0.1, 0.15) is 48.6 Å². The topological polar surface area (TPSA) is 76.0 Å². The minimum absolute atomic E-state index is 0.0695. The minimum Gasteiger partial charge on any atom is -0.377 e. The molecule has 0 fully saturated rings. The van der Waals surface area contributed by atoms with Crippen molar-refractivity contribution in [3.8, 4) is 0 Å². The van der Waals surface area contributed by atoms with Crippen LogP contribution in [-0.4, -0.2) is 45.0 Å². The van der Waals surface area contributed by atoms with Crippen LogP contribution in [0.3, 0.4) is 0 Å². The third-order valence-corrected chi connectivity index (χ3v) is 7.21. The predicted octanol–water partition coefficient (Wildman–Crippen LogP) is 2.79. The molecule has 2 aliphatic rings. The smallest absolute Gasteiger partial charge is 0.275 e. The van der Waals surface area contributed by atoms with Crippen LogP contribution in [0.15, 0.2) is 21.6 Å². The summed E-state index contributed by atoms with van der Waals surface area (Å²) in [5.74, 6) is -0.104. The summed E-state index contributed by atoms with van der Waals surface area (Å²) >= 11 is 0. The van der Waals surface area contributed by atoms with Crippen LogP contribution in [0, 0.1) is 13.8 Å². The summed E-state index contributed by atoms with van der Waals surface area (Å²) in [6, 6.07) is 1.96. The van der Waals surface area contributed by atoms with Gasteiger partial charge in [0, 0.05) is 19.7 Å². The molecule has 6 nitrogen and oxygen atoms in total. The first-order valence-electron chi connectivity index (χ1n) is 8.54. The maximum Gasteiger partial charge on any atom is 0.275 e. The maximum absolute atomic E-state index is 12.8. The molecular formula is C19H24N2O4S. The quantitative estimate of drug-likeness (QED) is 0.744. The number of allylic oxidation sites excluding steroid dienone is 1. The van der Waals surface area contributed by atoms with E-state index in [1.807, 2.05) is 26.8 Å². The highest BCUT2D eigenvalue weighted by Crippen LogP contribution is 2.41. The summed E-state index contributed by atoms with van der Waals surface area (Å²) in [4.78, 5) is 12.8. The van der Waals surface area contributed by atoms with Gasteiger partial charge in [-0.15, -0.1) is 0 Å². The van der Waals surface area contributed by atoms with Crippen molar-refractivity contribution in [2.24, 2.45) is 5.10 Å². The Balaban J connectivity index is 2.32. The van der Waals surface area contributed by atoms with Gasteiger partial charge in [0.25, 0.3) is 5.91 Å². The summed E-state index contributed by atoms with van der Waals surface area (Å²) in [5.41, 5.74) is 4.98. The summed E-state index contributed by atoms with van der Waals surface area (Å²) < 4.78 is 31.2. The van der Waals surface area contributed by atoms with Gasteiger partial charge >= 0.3 is 0 Å². The maximum atomic E-state index is 12.8. The monoisotopic (exact) mass is 376 g/mol. The zero-order valence-corrected chi connectivity index (χ0v) is 16.8. The molecule has 0 spiro atoms. The largest absolute Gasteiger partial charge is 0.377 e. The van der Waals surface area contributed by atoms with Crippen LogP contribution in [0.2, 0.25) is 0 Å². The molecule has 1 amide bonds. The predicted molar refractivity (Wildman–Crippen MR) is 101 cm³/mol. The molecule has 1 unspecified atom stereocenters. The Morgan fingerprint density at radius 1 is 1.31 bits per heavy atom. The number of hydrogen-bond acceptors (Lipinski definition) is 5. The minimum atomic E-state index is -3.38. The van der Waals surface area contributed by atoms with Crippen LogP contribution in [0.5, 0.6) is 0 Å². The number of fused-ring (bicyclic) bond motifs is 1. The first-order valence-corrected chi connectivity index (χ1v) is 10.2. The molecule has 0 aliphatic carbocycles. The Morgan fingerprint density at radius 2 is 1.96 bits per heavy atom. The lowest BCUT2D eigenvalue weighted by molar-refractivity contribution is -0.124. The average molecular weight is 376 g/mol. The van der Waals surface area contributed by atoms with Crippen LogP contribution in [0.4, 0.5) is 0 Å². The van der Waals surface area contributed by atoms with E-state index in [2.05, 4.69) is 5.10 Å². The molecular weight excluding hydrogens is 352 g/mol. The van der Waals surface area contributed by atoms with Gasteiger partial charge in [-0.25, -0.2) is 13.4 Å². The Bertz CT molecular complexity index is 974. The van der Waals surface area contributed by atoms with E-state index in [0.29, 0.717) is 28.2 Å². The first-order chi connectivity index (χ1) is 12.1. The number of hydrazone groups is 1. The molecule has 26 heavy (non-hydrogen) atoms. The number of carbonyl (C=O) groups excluding carboxylic acids is 1. The van der Waals surface area contributed by atoms with Gasteiger partial charge in [-0.1, -0.05) is 6.07 Å². The van der Waals surface area contributed by atoms with Crippen molar-refractivity contribution in [1.29, 1.82) is 0 Å². The second-order valence-electron chi connectivity index (χ2n) is 6.95. The van der Waals surface area contributed by atoms with Crippen molar-refractivity contribution in [3.05, 3.63) is 33.9 Å². The number of carbonyl (C=O) groups is 1. The molecule has 7 heteroatoms. The van der Waals surface area contributed by atoms with Crippen molar-refractivity contribution < 1.29 is 17.9 Å². The van der Waals surface area contributed by atoms with E-state index in [9.17, 15) is 13.2 Å². The van der Waals surface area contributed by atoms with Crippen molar-refractivity contribution in [2.45, 2.75) is 45.1 Å². The van der Waals surface area contributed by atoms with Crippen molar-refractivity contribution in [2.75, 3.05) is 19.9 Å². The Labute approximate surface area is 154 Å². The van der Waals surface area contributed by atoms with Gasteiger partial charge in [0.15, 0.2) is 9.84 Å². The van der Waals surface area contributed by atoms with Crippen LogP contribution < -0.4 is 0 Å². The summed E-state index contributed by atoms with van der Waals surface area (Å²) in [6.07, 6.45) is 0.234. The molecule has 1 atom stereocenters. The number of nitrogens with zero attached hydrogens (tertiary/aromatic N) is 2. The van der Waals surface area contributed by atoms with Gasteiger partial charge in [0.2, 0.25) is 0 Å². The highest BCUT2D eigenvalue weighted by Gasteiger charge is 2.35. The fraction of sp³-hybridized carbons (Fsp3) is 0.474. The molecule has 3 rings (SSSR count). The van der Waals surface area contributed by atoms with E-state index >= 15 is 0 Å². The van der Waals surface area contributed by atoms with E-state index in [4.69, 9.17) is 4.74 Å². The number of likely N-dealkylation sites (N-methyl/N-ethyl adjacent to an activating group) is 1. The van der Waals surface area contributed by atoms with E-state index < -0.39 is 9.84 Å². The Morgan fingerprint density at radius 3 is 2.50 bits per heavy atom. The highest BCUT2D eigenvalue weighted by molar-refractivity contribution is 7.91. The SMILES string of the molecule is COC1CCS(=O)(=O)c2c(C)c(/C(C)=C3\C(=O)N(C)N=C3C)cc(C)c21. The van der Waals surface area contributed by atoms with E-state index in [-0.39, 0.29) is 17.8 Å². The molecule has 2 heterocycles. The van der Waals surface area contributed by atoms with Gasteiger partial charge in [-0.05, 0) is 56.4 Å². The van der Waals surface area contributed by atoms with Gasteiger partial charge in [0.05, 0.1) is 28.0 Å². The van der Waals surface area contributed by atoms with Crippen LogP contribution in [-0.2, 0) is 19.4 Å². The number of rotatable bonds is 2. The molecule has 0 bridgehead atoms. The van der Waals surface area contributed by atoms with E-state index in [0.717, 1.165) is 22.3 Å². The number of methoxy groups -OCH3 is 1. The lowest BCUT2D eigenvalue weighted by Gasteiger charge is -2.29. The standard InChI is InChI=1S/C19H24N2O4S/c1-10-9-14(11(2)17-13(4)20-21(5)19(17)22)12(3)18-16(10)15(25-6)7-8-26(18,23)24/h9,15H,7-8H2,1-6H3/b17-11-. The molecule has 2 aliphatic heterocycles. The third-order valence-electron chi connectivity index (χ3n) is 5.29. The number of hydrogen-bond donors (Lipinski definition) is 0. The fourth-order valence-electron chi connectivity index (χ4n) is 4.04. The van der Waals surface area contributed by atoms with Crippen LogP contribution >= 0.6 is 0 Å². The zero-order chi connectivity index (χ0) is 19.4. The summed E-state index contributed by atoms with van der Waals surface area (Å²) in [6.45, 7) is 7.35. The number of amides is 1. The fourth-order valence-corrected chi connectivity index (χ4v) is 5.98. The molecule has 140 valence electrons. The molecule has 1 aromatic carbocycles. The molecule has 0 saturated heterocycles. The Hall–Kier alpha value is -1.99. The number of benzene rings is 1. The van der Waals surface area contributed by atoms with Crippen molar-refractivity contribution in [1.82, 2.24) is 5.01 Å². The lowest BCUT2D eigenvalue weighted by Crippen LogP contribution is -2.24. The molecule has 0 N–H and O–H groups in total. The molecule has 0 aromatic heterocycles. The third kappa shape index (κ3) is 2.70. The van der Waals surface area contributed by atoms with Crippen LogP contribution in [0.25, 0.3) is 5.57 Å². The molecule has 0 saturated carbocycles. The first kappa shape index (κ1) is 18.8. The number of ether oxygens (including phenoxy) is 1. The van der Waals surface area contributed by atoms with Crippen molar-refractivity contribution in [3.63, 3.8) is 0 Å². The summed E-state index contributed by atoms with van der Waals surface area (Å²) in [7, 11) is -0.162. The van der Waals surface area contributed by atoms with Gasteiger partial charge in [-0.2, -0.15) is 5.10 Å². The Kier molecular flexibility index (Phi) is 4.56.